The topological polar surface area (TPSA) is 157 Å². The molecule has 13 heteroatoms. The van der Waals surface area contributed by atoms with E-state index in [0.717, 1.165) is 23.1 Å². The number of nitrogens with one attached hydrogen (secondary N) is 4. The van der Waals surface area contributed by atoms with E-state index in [9.17, 15) is 29.4 Å². The monoisotopic (exact) mass is 632 g/mol. The van der Waals surface area contributed by atoms with E-state index in [-0.39, 0.29) is 33.8 Å². The maximum absolute atomic E-state index is 13.1. The molecule has 4 amide bonds. The summed E-state index contributed by atoms with van der Waals surface area (Å²) in [5, 5.41) is 30.1. The van der Waals surface area contributed by atoms with Crippen LogP contribution in [-0.2, 0) is 22.4 Å². The summed E-state index contributed by atoms with van der Waals surface area (Å²) in [4.78, 5) is 50.1. The number of carbonyl (C=O) groups excluding carboxylic acids is 3. The van der Waals surface area contributed by atoms with Crippen LogP contribution in [0, 0.1) is 0 Å². The van der Waals surface area contributed by atoms with Crippen molar-refractivity contribution in [3.8, 4) is 0 Å². The van der Waals surface area contributed by atoms with Crippen molar-refractivity contribution in [1.29, 1.82) is 0 Å². The van der Waals surface area contributed by atoms with Crippen LogP contribution in [0.5, 0.6) is 0 Å². The first-order chi connectivity index (χ1) is 20.0. The minimum atomic E-state index is -2.91. The van der Waals surface area contributed by atoms with E-state index in [2.05, 4.69) is 16.0 Å². The van der Waals surface area contributed by atoms with Gasteiger partial charge >= 0.3 is 12.0 Å². The van der Waals surface area contributed by atoms with Crippen LogP contribution in [0.15, 0.2) is 60.7 Å². The third-order valence-corrected chi connectivity index (χ3v) is 7.86. The van der Waals surface area contributed by atoms with Gasteiger partial charge < -0.3 is 31.5 Å². The summed E-state index contributed by atoms with van der Waals surface area (Å²) in [5.74, 6) is -3.40. The summed E-state index contributed by atoms with van der Waals surface area (Å²) in [5.41, 5.74) is -0.417. The lowest BCUT2D eigenvalue weighted by molar-refractivity contribution is -0.160. The van der Waals surface area contributed by atoms with Crippen molar-refractivity contribution < 1.29 is 29.4 Å². The van der Waals surface area contributed by atoms with Crippen LogP contribution >= 0.6 is 34.8 Å². The molecule has 0 aliphatic heterocycles. The zero-order valence-corrected chi connectivity index (χ0v) is 24.3. The zero-order chi connectivity index (χ0) is 30.4. The lowest BCUT2D eigenvalue weighted by atomic mass is 10.1. The van der Waals surface area contributed by atoms with E-state index in [0.29, 0.717) is 17.9 Å². The largest absolute Gasteiger partial charge is 0.478 e. The van der Waals surface area contributed by atoms with E-state index >= 15 is 0 Å². The molecule has 0 saturated heterocycles. The lowest BCUT2D eigenvalue weighted by Gasteiger charge is -2.26. The van der Waals surface area contributed by atoms with Crippen molar-refractivity contribution in [3.63, 3.8) is 0 Å². The van der Waals surface area contributed by atoms with Gasteiger partial charge in [-0.3, -0.25) is 9.59 Å². The third-order valence-electron chi connectivity index (χ3n) is 6.79. The first-order valence-corrected chi connectivity index (χ1v) is 14.0. The molecule has 0 bridgehead atoms. The highest BCUT2D eigenvalue weighted by molar-refractivity contribution is 6.41. The normalized spacial score (nSPS) is 15.2. The molecular weight excluding hydrogens is 607 g/mol. The highest BCUT2D eigenvalue weighted by atomic mass is 35.5. The molecule has 6 N–H and O–H groups in total. The van der Waals surface area contributed by atoms with Gasteiger partial charge in [-0.1, -0.05) is 77.3 Å². The molecule has 0 radical (unpaired) electrons. The van der Waals surface area contributed by atoms with Crippen LogP contribution in [0.3, 0.4) is 0 Å². The molecule has 0 fully saturated rings. The van der Waals surface area contributed by atoms with E-state index in [1.165, 1.54) is 12.1 Å². The van der Waals surface area contributed by atoms with Crippen LogP contribution < -0.4 is 21.3 Å². The molecular formula is C29H27Cl3N4O6. The number of carboxylic acids is 1. The second-order valence-electron chi connectivity index (χ2n) is 9.66. The number of aliphatic carboxylic acids is 1. The molecule has 1 unspecified atom stereocenters. The average molecular weight is 634 g/mol. The standard InChI is InChI=1S/C29H27Cl3N4O6/c30-19-8-4-2-6-17(19)10-14-23(37)34-22-13-11-20(31)24(25(22)32)26(38)36-29(42,27(39)40)15-33-28(41)35-21-12-9-16-5-1-3-7-18(16)21/h1-8,11,13,21,42H,9-10,12,14-15H2,(H,34,37)(H,36,38)(H,39,40)(H2,33,35,41)/t21-,29?/m1/s1. The Morgan fingerprint density at radius 2 is 1.64 bits per heavy atom. The molecule has 1 aliphatic carbocycles. The predicted molar refractivity (Wildman–Crippen MR) is 159 cm³/mol. The number of aliphatic hydroxyl groups is 1. The number of aryl methyl sites for hydroxylation is 2. The summed E-state index contributed by atoms with van der Waals surface area (Å²) in [6, 6.07) is 16.4. The highest BCUT2D eigenvalue weighted by Gasteiger charge is 2.40. The Balaban J connectivity index is 1.40. The van der Waals surface area contributed by atoms with Gasteiger partial charge in [-0.25, -0.2) is 9.59 Å². The third kappa shape index (κ3) is 7.32. The number of amides is 4. The number of halogens is 3. The number of hydrogen-bond donors (Lipinski definition) is 6. The van der Waals surface area contributed by atoms with Gasteiger partial charge in [0.15, 0.2) is 0 Å². The number of carboxylic acid groups (broad SMARTS) is 1. The van der Waals surface area contributed by atoms with Crippen LogP contribution in [0.25, 0.3) is 0 Å². The molecule has 10 nitrogen and oxygen atoms in total. The van der Waals surface area contributed by atoms with Crippen LogP contribution in [-0.4, -0.2) is 46.3 Å². The Morgan fingerprint density at radius 1 is 0.929 bits per heavy atom. The van der Waals surface area contributed by atoms with Crippen molar-refractivity contribution in [2.75, 3.05) is 11.9 Å². The minimum absolute atomic E-state index is 0.0450. The highest BCUT2D eigenvalue weighted by Crippen LogP contribution is 2.33. The van der Waals surface area contributed by atoms with E-state index in [1.54, 1.807) is 24.3 Å². The Morgan fingerprint density at radius 3 is 2.38 bits per heavy atom. The number of hydrogen-bond acceptors (Lipinski definition) is 5. The fraction of sp³-hybridized carbons (Fsp3) is 0.241. The summed E-state index contributed by atoms with van der Waals surface area (Å²) in [7, 11) is 0. The van der Waals surface area contributed by atoms with Crippen molar-refractivity contribution in [3.05, 3.63) is 98.0 Å². The SMILES string of the molecule is O=C(CCc1ccccc1Cl)Nc1ccc(Cl)c(C(=O)NC(O)(CNC(=O)N[C@@H]2CCc3ccccc32)C(=O)O)c1Cl. The van der Waals surface area contributed by atoms with Gasteiger partial charge in [0.1, 0.15) is 0 Å². The van der Waals surface area contributed by atoms with Gasteiger partial charge in [-0.15, -0.1) is 0 Å². The quantitative estimate of drug-likeness (QED) is 0.178. The Kier molecular flexibility index (Phi) is 9.95. The maximum Gasteiger partial charge on any atom is 0.359 e. The number of rotatable bonds is 10. The number of fused-ring (bicyclic) bond motifs is 1. The van der Waals surface area contributed by atoms with Crippen molar-refractivity contribution in [2.24, 2.45) is 0 Å². The molecule has 220 valence electrons. The number of benzene rings is 3. The summed E-state index contributed by atoms with van der Waals surface area (Å²) < 4.78 is 0. The van der Waals surface area contributed by atoms with Gasteiger partial charge in [-0.2, -0.15) is 0 Å². The average Bonchev–Trinajstić information content (AvgIpc) is 3.35. The van der Waals surface area contributed by atoms with Gasteiger partial charge in [0.25, 0.3) is 11.6 Å². The molecule has 42 heavy (non-hydrogen) atoms. The minimum Gasteiger partial charge on any atom is -0.478 e. The molecule has 2 atom stereocenters. The zero-order valence-electron chi connectivity index (χ0n) is 22.0. The van der Waals surface area contributed by atoms with E-state index in [4.69, 9.17) is 34.8 Å². The Hall–Kier alpha value is -3.83. The number of anilines is 1. The summed E-state index contributed by atoms with van der Waals surface area (Å²) in [6.07, 6.45) is 1.85. The molecule has 4 rings (SSSR count). The Labute approximate surface area is 256 Å². The second-order valence-corrected chi connectivity index (χ2v) is 10.9. The molecule has 3 aromatic rings. The van der Waals surface area contributed by atoms with Crippen LogP contribution in [0.1, 0.15) is 45.9 Å². The molecule has 0 aromatic heterocycles. The van der Waals surface area contributed by atoms with Crippen LogP contribution in [0.4, 0.5) is 10.5 Å². The lowest BCUT2D eigenvalue weighted by Crippen LogP contribution is -2.61. The van der Waals surface area contributed by atoms with Gasteiger partial charge in [-0.05, 0) is 54.2 Å². The van der Waals surface area contributed by atoms with Crippen molar-refractivity contribution in [2.45, 2.75) is 37.5 Å². The molecule has 1 aliphatic rings. The maximum atomic E-state index is 13.1. The van der Waals surface area contributed by atoms with Gasteiger partial charge in [0.05, 0.1) is 33.9 Å². The molecule has 3 aromatic carbocycles. The second kappa shape index (κ2) is 13.4. The van der Waals surface area contributed by atoms with Crippen molar-refractivity contribution >= 4 is 64.3 Å². The first kappa shape index (κ1) is 31.1. The van der Waals surface area contributed by atoms with Gasteiger partial charge in [0, 0.05) is 11.4 Å². The smallest absolute Gasteiger partial charge is 0.359 e. The predicted octanol–water partition coefficient (Wildman–Crippen LogP) is 4.71. The number of urea groups is 1. The molecule has 0 spiro atoms. The van der Waals surface area contributed by atoms with Crippen LogP contribution in [0.2, 0.25) is 15.1 Å². The fourth-order valence-electron chi connectivity index (χ4n) is 4.57. The van der Waals surface area contributed by atoms with Gasteiger partial charge in [0.2, 0.25) is 5.91 Å². The summed E-state index contributed by atoms with van der Waals surface area (Å²) >= 11 is 18.7. The number of carbonyl (C=O) groups is 4. The Bertz CT molecular complexity index is 1530. The van der Waals surface area contributed by atoms with E-state index in [1.807, 2.05) is 29.6 Å². The van der Waals surface area contributed by atoms with E-state index < -0.39 is 36.1 Å². The molecule has 0 heterocycles. The van der Waals surface area contributed by atoms with Crippen molar-refractivity contribution in [1.82, 2.24) is 16.0 Å². The first-order valence-electron chi connectivity index (χ1n) is 12.9. The summed E-state index contributed by atoms with van der Waals surface area (Å²) in [6.45, 7) is -0.873. The molecule has 0 saturated carbocycles. The fourth-order valence-corrected chi connectivity index (χ4v) is 5.39.